The summed E-state index contributed by atoms with van der Waals surface area (Å²) < 4.78 is 11.0. The van der Waals surface area contributed by atoms with Crippen molar-refractivity contribution in [2.24, 2.45) is 5.73 Å². The third-order valence-corrected chi connectivity index (χ3v) is 3.48. The summed E-state index contributed by atoms with van der Waals surface area (Å²) in [4.78, 5) is 2.39. The molecule has 2 N–H and O–H groups in total. The van der Waals surface area contributed by atoms with Crippen LogP contribution in [-0.4, -0.2) is 31.2 Å². The molecule has 1 aliphatic rings. The van der Waals surface area contributed by atoms with Crippen LogP contribution in [0.3, 0.4) is 0 Å². The Balaban J connectivity index is 1.88. The van der Waals surface area contributed by atoms with Crippen molar-refractivity contribution >= 4 is 11.0 Å². The fraction of sp³-hybridized carbons (Fsp3) is 0.429. The summed E-state index contributed by atoms with van der Waals surface area (Å²) in [6, 6.07) is 6.17. The third kappa shape index (κ3) is 2.14. The first kappa shape index (κ1) is 11.7. The van der Waals surface area contributed by atoms with Gasteiger partial charge < -0.3 is 14.9 Å². The molecule has 18 heavy (non-hydrogen) atoms. The van der Waals surface area contributed by atoms with Crippen molar-refractivity contribution in [2.75, 3.05) is 26.3 Å². The Kier molecular flexibility index (Phi) is 3.32. The molecule has 96 valence electrons. The van der Waals surface area contributed by atoms with Crippen LogP contribution in [0, 0.1) is 0 Å². The second kappa shape index (κ2) is 5.10. The van der Waals surface area contributed by atoms with E-state index in [0.717, 1.165) is 44.0 Å². The normalized spacial score (nSPS) is 17.4. The van der Waals surface area contributed by atoms with Crippen LogP contribution in [-0.2, 0) is 17.8 Å². The molecule has 1 saturated heterocycles. The number of rotatable bonds is 3. The smallest absolute Gasteiger partial charge is 0.138 e. The maximum atomic E-state index is 5.72. The largest absolute Gasteiger partial charge is 0.464 e. The van der Waals surface area contributed by atoms with E-state index >= 15 is 0 Å². The van der Waals surface area contributed by atoms with Gasteiger partial charge in [-0.15, -0.1) is 0 Å². The maximum absolute atomic E-state index is 5.72. The van der Waals surface area contributed by atoms with Gasteiger partial charge in [-0.1, -0.05) is 18.2 Å². The van der Waals surface area contributed by atoms with E-state index in [-0.39, 0.29) is 0 Å². The first-order chi connectivity index (χ1) is 8.88. The van der Waals surface area contributed by atoms with E-state index in [2.05, 4.69) is 11.0 Å². The minimum Gasteiger partial charge on any atom is -0.464 e. The molecule has 0 aliphatic carbocycles. The summed E-state index contributed by atoms with van der Waals surface area (Å²) in [5.74, 6) is 0. The molecule has 0 saturated carbocycles. The number of benzene rings is 1. The molecule has 2 heterocycles. The Morgan fingerprint density at radius 1 is 1.17 bits per heavy atom. The summed E-state index contributed by atoms with van der Waals surface area (Å²) in [6.07, 6.45) is 1.86. The molecule has 1 aromatic carbocycles. The highest BCUT2D eigenvalue weighted by atomic mass is 16.5. The van der Waals surface area contributed by atoms with Crippen LogP contribution in [0.15, 0.2) is 28.9 Å². The van der Waals surface area contributed by atoms with Crippen LogP contribution < -0.4 is 5.73 Å². The van der Waals surface area contributed by atoms with Crippen molar-refractivity contribution < 1.29 is 9.15 Å². The number of furan rings is 1. The Labute approximate surface area is 106 Å². The third-order valence-electron chi connectivity index (χ3n) is 3.48. The highest BCUT2D eigenvalue weighted by Gasteiger charge is 2.14. The van der Waals surface area contributed by atoms with Crippen molar-refractivity contribution in [2.45, 2.75) is 13.1 Å². The van der Waals surface area contributed by atoms with Gasteiger partial charge >= 0.3 is 0 Å². The standard InChI is InChI=1S/C14H18N2O2/c15-8-11-2-1-3-13-12(10-18-14(11)13)9-16-4-6-17-7-5-16/h1-3,10H,4-9,15H2. The van der Waals surface area contributed by atoms with Gasteiger partial charge in [0.2, 0.25) is 0 Å². The number of hydrogen-bond acceptors (Lipinski definition) is 4. The quantitative estimate of drug-likeness (QED) is 0.896. The molecule has 3 rings (SSSR count). The van der Waals surface area contributed by atoms with Gasteiger partial charge in [-0.2, -0.15) is 0 Å². The lowest BCUT2D eigenvalue weighted by Gasteiger charge is -2.26. The first-order valence-electron chi connectivity index (χ1n) is 6.36. The second-order valence-corrected chi connectivity index (χ2v) is 4.65. The van der Waals surface area contributed by atoms with Gasteiger partial charge in [0, 0.05) is 42.7 Å². The van der Waals surface area contributed by atoms with Gasteiger partial charge in [-0.05, 0) is 0 Å². The molecule has 0 radical (unpaired) electrons. The van der Waals surface area contributed by atoms with E-state index in [0.29, 0.717) is 6.54 Å². The van der Waals surface area contributed by atoms with E-state index < -0.39 is 0 Å². The molecular formula is C14H18N2O2. The van der Waals surface area contributed by atoms with E-state index in [9.17, 15) is 0 Å². The molecule has 0 amide bonds. The molecule has 0 spiro atoms. The lowest BCUT2D eigenvalue weighted by Crippen LogP contribution is -2.35. The molecule has 1 fully saturated rings. The molecule has 0 atom stereocenters. The molecule has 2 aromatic rings. The highest BCUT2D eigenvalue weighted by molar-refractivity contribution is 5.83. The molecule has 1 aliphatic heterocycles. The van der Waals surface area contributed by atoms with Crippen molar-refractivity contribution in [1.29, 1.82) is 0 Å². The molecule has 4 nitrogen and oxygen atoms in total. The summed E-state index contributed by atoms with van der Waals surface area (Å²) in [5, 5.41) is 1.18. The number of hydrogen-bond donors (Lipinski definition) is 1. The first-order valence-corrected chi connectivity index (χ1v) is 6.36. The number of nitrogens with two attached hydrogens (primary N) is 1. The number of nitrogens with zero attached hydrogens (tertiary/aromatic N) is 1. The zero-order valence-electron chi connectivity index (χ0n) is 10.4. The minimum absolute atomic E-state index is 0.516. The Morgan fingerprint density at radius 3 is 2.78 bits per heavy atom. The minimum atomic E-state index is 0.516. The monoisotopic (exact) mass is 246 g/mol. The molecule has 4 heteroatoms. The average molecular weight is 246 g/mol. The van der Waals surface area contributed by atoms with Crippen molar-refractivity contribution in [3.05, 3.63) is 35.6 Å². The topological polar surface area (TPSA) is 51.6 Å². The van der Waals surface area contributed by atoms with Crippen LogP contribution in [0.1, 0.15) is 11.1 Å². The van der Waals surface area contributed by atoms with Crippen molar-refractivity contribution in [1.82, 2.24) is 4.90 Å². The van der Waals surface area contributed by atoms with E-state index in [1.807, 2.05) is 18.4 Å². The van der Waals surface area contributed by atoms with Crippen LogP contribution in [0.4, 0.5) is 0 Å². The molecule has 0 bridgehead atoms. The van der Waals surface area contributed by atoms with E-state index in [4.69, 9.17) is 14.9 Å². The lowest BCUT2D eigenvalue weighted by molar-refractivity contribution is 0.0342. The summed E-state index contributed by atoms with van der Waals surface area (Å²) in [5.41, 5.74) is 8.96. The number of para-hydroxylation sites is 1. The fourth-order valence-corrected chi connectivity index (χ4v) is 2.45. The SMILES string of the molecule is NCc1cccc2c(CN3CCOCC3)coc12. The summed E-state index contributed by atoms with van der Waals surface area (Å²) in [7, 11) is 0. The van der Waals surface area contributed by atoms with Crippen molar-refractivity contribution in [3.8, 4) is 0 Å². The van der Waals surface area contributed by atoms with Gasteiger partial charge in [0.05, 0.1) is 19.5 Å². The Hall–Kier alpha value is -1.36. The van der Waals surface area contributed by atoms with Crippen LogP contribution in [0.2, 0.25) is 0 Å². The van der Waals surface area contributed by atoms with Gasteiger partial charge in [0.15, 0.2) is 0 Å². The van der Waals surface area contributed by atoms with E-state index in [1.165, 1.54) is 10.9 Å². The van der Waals surface area contributed by atoms with Crippen LogP contribution in [0.5, 0.6) is 0 Å². The van der Waals surface area contributed by atoms with Gasteiger partial charge in [0.1, 0.15) is 5.58 Å². The predicted octanol–water partition coefficient (Wildman–Crippen LogP) is 1.72. The maximum Gasteiger partial charge on any atom is 0.138 e. The Bertz CT molecular complexity index is 530. The zero-order chi connectivity index (χ0) is 12.4. The lowest BCUT2D eigenvalue weighted by atomic mass is 10.1. The van der Waals surface area contributed by atoms with Gasteiger partial charge in [-0.25, -0.2) is 0 Å². The Morgan fingerprint density at radius 2 is 2.00 bits per heavy atom. The summed E-state index contributed by atoms with van der Waals surface area (Å²) >= 11 is 0. The van der Waals surface area contributed by atoms with Gasteiger partial charge in [0.25, 0.3) is 0 Å². The second-order valence-electron chi connectivity index (χ2n) is 4.65. The van der Waals surface area contributed by atoms with Gasteiger partial charge in [-0.3, -0.25) is 4.90 Å². The average Bonchev–Trinajstić information content (AvgIpc) is 2.83. The summed E-state index contributed by atoms with van der Waals surface area (Å²) in [6.45, 7) is 5.06. The van der Waals surface area contributed by atoms with Crippen LogP contribution >= 0.6 is 0 Å². The van der Waals surface area contributed by atoms with Crippen LogP contribution in [0.25, 0.3) is 11.0 Å². The fourth-order valence-electron chi connectivity index (χ4n) is 2.45. The van der Waals surface area contributed by atoms with Crippen molar-refractivity contribution in [3.63, 3.8) is 0 Å². The number of fused-ring (bicyclic) bond motifs is 1. The molecule has 0 unspecified atom stereocenters. The molecular weight excluding hydrogens is 228 g/mol. The highest BCUT2D eigenvalue weighted by Crippen LogP contribution is 2.25. The van der Waals surface area contributed by atoms with E-state index in [1.54, 1.807) is 0 Å². The number of morpholine rings is 1. The molecule has 1 aromatic heterocycles. The zero-order valence-corrected chi connectivity index (χ0v) is 10.4. The predicted molar refractivity (Wildman–Crippen MR) is 70.2 cm³/mol. The number of ether oxygens (including phenoxy) is 1.